The van der Waals surface area contributed by atoms with Crippen LogP contribution in [0.5, 0.6) is 11.5 Å². The first-order valence-corrected chi connectivity index (χ1v) is 11.5. The molecule has 0 saturated heterocycles. The van der Waals surface area contributed by atoms with Crippen molar-refractivity contribution in [2.24, 2.45) is 4.99 Å². The fourth-order valence-corrected chi connectivity index (χ4v) is 4.92. The first-order valence-electron chi connectivity index (χ1n) is 9.60. The molecule has 31 heavy (non-hydrogen) atoms. The molecule has 0 aliphatic carbocycles. The highest BCUT2D eigenvalue weighted by Gasteiger charge is 2.21. The lowest BCUT2D eigenvalue weighted by Crippen LogP contribution is -2.15. The van der Waals surface area contributed by atoms with Crippen LogP contribution in [0.1, 0.15) is 16.7 Å². The van der Waals surface area contributed by atoms with Gasteiger partial charge in [-0.1, -0.05) is 29.8 Å². The van der Waals surface area contributed by atoms with Crippen LogP contribution in [-0.2, 0) is 16.4 Å². The van der Waals surface area contributed by atoms with Gasteiger partial charge in [-0.05, 0) is 48.4 Å². The second-order valence-electron chi connectivity index (χ2n) is 6.98. The third-order valence-corrected chi connectivity index (χ3v) is 6.69. The summed E-state index contributed by atoms with van der Waals surface area (Å²) < 4.78 is 38.9. The molecule has 0 aromatic heterocycles. The van der Waals surface area contributed by atoms with Crippen molar-refractivity contribution in [1.29, 1.82) is 0 Å². The molecule has 0 radical (unpaired) electrons. The first kappa shape index (κ1) is 21.2. The van der Waals surface area contributed by atoms with E-state index in [-0.39, 0.29) is 10.6 Å². The van der Waals surface area contributed by atoms with Crippen LogP contribution in [0, 0.1) is 0 Å². The lowest BCUT2D eigenvalue weighted by molar-refractivity contribution is 0.392. The minimum absolute atomic E-state index is 0.00125. The van der Waals surface area contributed by atoms with E-state index in [0.717, 1.165) is 23.3 Å². The highest BCUT2D eigenvalue weighted by molar-refractivity contribution is 7.92. The molecule has 3 aromatic rings. The zero-order valence-electron chi connectivity index (χ0n) is 17.1. The van der Waals surface area contributed by atoms with Gasteiger partial charge in [-0.25, -0.2) is 8.42 Å². The molecule has 1 aliphatic heterocycles. The van der Waals surface area contributed by atoms with Gasteiger partial charge in [0.1, 0.15) is 16.4 Å². The molecule has 1 N–H and O–H groups in total. The predicted molar refractivity (Wildman–Crippen MR) is 122 cm³/mol. The molecular weight excluding hydrogens is 436 g/mol. The van der Waals surface area contributed by atoms with Gasteiger partial charge in [0.2, 0.25) is 0 Å². The van der Waals surface area contributed by atoms with Crippen LogP contribution in [0.3, 0.4) is 0 Å². The summed E-state index contributed by atoms with van der Waals surface area (Å²) in [5.74, 6) is 0.652. The number of ether oxygens (including phenoxy) is 2. The fourth-order valence-electron chi connectivity index (χ4n) is 3.51. The molecule has 6 nitrogen and oxygen atoms in total. The Balaban J connectivity index is 1.62. The van der Waals surface area contributed by atoms with Gasteiger partial charge in [0.25, 0.3) is 10.0 Å². The zero-order chi connectivity index (χ0) is 22.0. The number of halogens is 1. The summed E-state index contributed by atoms with van der Waals surface area (Å²) in [7, 11) is -0.986. The van der Waals surface area contributed by atoms with Crippen LogP contribution in [0.25, 0.3) is 0 Å². The molecule has 0 amide bonds. The number of benzene rings is 3. The van der Waals surface area contributed by atoms with E-state index in [1.165, 1.54) is 25.8 Å². The Morgan fingerprint density at radius 1 is 0.968 bits per heavy atom. The van der Waals surface area contributed by atoms with Crippen molar-refractivity contribution in [3.63, 3.8) is 0 Å². The van der Waals surface area contributed by atoms with E-state index in [1.807, 2.05) is 30.3 Å². The summed E-state index contributed by atoms with van der Waals surface area (Å²) in [5.41, 5.74) is 4.38. The van der Waals surface area contributed by atoms with Crippen LogP contribution in [0.4, 0.5) is 5.69 Å². The number of nitrogens with zero attached hydrogens (tertiary/aromatic N) is 1. The van der Waals surface area contributed by atoms with Gasteiger partial charge in [0.05, 0.1) is 19.9 Å². The van der Waals surface area contributed by atoms with E-state index in [9.17, 15) is 8.42 Å². The zero-order valence-corrected chi connectivity index (χ0v) is 18.6. The summed E-state index contributed by atoms with van der Waals surface area (Å²) in [5, 5.41) is 0.657. The van der Waals surface area contributed by atoms with E-state index in [4.69, 9.17) is 21.1 Å². The SMILES string of the molecule is COc1ccc(OC)c(S(=O)(=O)Nc2ccc(C3=NCCc4ccc(Cl)cc43)cc2)c1. The Labute approximate surface area is 186 Å². The monoisotopic (exact) mass is 456 g/mol. The smallest absolute Gasteiger partial charge is 0.265 e. The molecule has 0 unspecified atom stereocenters. The number of methoxy groups -OCH3 is 2. The van der Waals surface area contributed by atoms with E-state index in [2.05, 4.69) is 9.71 Å². The molecular formula is C23H21ClN2O4S. The first-order chi connectivity index (χ1) is 14.9. The van der Waals surface area contributed by atoms with Crippen molar-refractivity contribution in [1.82, 2.24) is 0 Å². The molecule has 160 valence electrons. The van der Waals surface area contributed by atoms with Crippen LogP contribution in [0.2, 0.25) is 5.02 Å². The molecule has 8 heteroatoms. The van der Waals surface area contributed by atoms with Crippen molar-refractivity contribution >= 4 is 33.0 Å². The minimum atomic E-state index is -3.88. The summed E-state index contributed by atoms with van der Waals surface area (Å²) >= 11 is 6.18. The summed E-state index contributed by atoms with van der Waals surface area (Å²) in [6, 6.07) is 17.5. The number of hydrogen-bond donors (Lipinski definition) is 1. The van der Waals surface area contributed by atoms with Gasteiger partial charge >= 0.3 is 0 Å². The number of aliphatic imine (C=N–C) groups is 1. The van der Waals surface area contributed by atoms with E-state index >= 15 is 0 Å². The molecule has 0 bridgehead atoms. The number of fused-ring (bicyclic) bond motifs is 1. The highest BCUT2D eigenvalue weighted by atomic mass is 35.5. The van der Waals surface area contributed by atoms with Crippen molar-refractivity contribution in [3.05, 3.63) is 82.4 Å². The fraction of sp³-hybridized carbons (Fsp3) is 0.174. The number of rotatable bonds is 6. The summed E-state index contributed by atoms with van der Waals surface area (Å²) in [4.78, 5) is 4.66. The largest absolute Gasteiger partial charge is 0.497 e. The normalized spacial score (nSPS) is 13.2. The number of nitrogens with one attached hydrogen (secondary N) is 1. The number of hydrogen-bond acceptors (Lipinski definition) is 5. The van der Waals surface area contributed by atoms with E-state index in [1.54, 1.807) is 24.3 Å². The molecule has 3 aromatic carbocycles. The van der Waals surface area contributed by atoms with Gasteiger partial charge in [0.15, 0.2) is 0 Å². The lowest BCUT2D eigenvalue weighted by atomic mass is 9.93. The topological polar surface area (TPSA) is 77.0 Å². The molecule has 1 aliphatic rings. The van der Waals surface area contributed by atoms with E-state index in [0.29, 0.717) is 23.0 Å². The van der Waals surface area contributed by atoms with Crippen molar-refractivity contribution in [2.45, 2.75) is 11.3 Å². The Kier molecular flexibility index (Phi) is 5.89. The average Bonchev–Trinajstić information content (AvgIpc) is 2.78. The van der Waals surface area contributed by atoms with Crippen molar-refractivity contribution in [2.75, 3.05) is 25.5 Å². The maximum atomic E-state index is 13.0. The third-order valence-electron chi connectivity index (χ3n) is 5.05. The van der Waals surface area contributed by atoms with Gasteiger partial charge in [0, 0.05) is 34.4 Å². The summed E-state index contributed by atoms with van der Waals surface area (Å²) in [6.07, 6.45) is 0.871. The van der Waals surface area contributed by atoms with Crippen molar-refractivity contribution in [3.8, 4) is 11.5 Å². The minimum Gasteiger partial charge on any atom is -0.497 e. The number of anilines is 1. The maximum absolute atomic E-state index is 13.0. The number of sulfonamides is 1. The Morgan fingerprint density at radius 2 is 1.74 bits per heavy atom. The molecule has 1 heterocycles. The van der Waals surface area contributed by atoms with E-state index < -0.39 is 10.0 Å². The second kappa shape index (κ2) is 8.61. The highest BCUT2D eigenvalue weighted by Crippen LogP contribution is 2.30. The van der Waals surface area contributed by atoms with Crippen LogP contribution >= 0.6 is 11.6 Å². The molecule has 0 atom stereocenters. The molecule has 0 fully saturated rings. The van der Waals surface area contributed by atoms with Crippen molar-refractivity contribution < 1.29 is 17.9 Å². The lowest BCUT2D eigenvalue weighted by Gasteiger charge is -2.18. The molecule has 4 rings (SSSR count). The van der Waals surface area contributed by atoms with Crippen LogP contribution < -0.4 is 14.2 Å². The van der Waals surface area contributed by atoms with Gasteiger partial charge in [-0.2, -0.15) is 0 Å². The quantitative estimate of drug-likeness (QED) is 0.590. The molecule has 0 saturated carbocycles. The van der Waals surface area contributed by atoms with Crippen LogP contribution in [-0.4, -0.2) is 34.9 Å². The Morgan fingerprint density at radius 3 is 2.45 bits per heavy atom. The standard InChI is InChI=1S/C23H21ClN2O4S/c1-29-19-9-10-21(30-2)22(14-19)31(27,28)26-18-7-4-16(5-8-18)23-20-13-17(24)6-3-15(20)11-12-25-23/h3-10,13-14,26H,11-12H2,1-2H3. The predicted octanol–water partition coefficient (Wildman–Crippen LogP) is 4.55. The van der Waals surface area contributed by atoms with Gasteiger partial charge in [-0.3, -0.25) is 9.71 Å². The molecule has 0 spiro atoms. The van der Waals surface area contributed by atoms with Crippen LogP contribution in [0.15, 0.2) is 70.6 Å². The maximum Gasteiger partial charge on any atom is 0.265 e. The Bertz CT molecular complexity index is 1260. The Hall–Kier alpha value is -3.03. The summed E-state index contributed by atoms with van der Waals surface area (Å²) in [6.45, 7) is 0.702. The third kappa shape index (κ3) is 4.38. The van der Waals surface area contributed by atoms with Gasteiger partial charge < -0.3 is 9.47 Å². The second-order valence-corrected chi connectivity index (χ2v) is 9.07. The van der Waals surface area contributed by atoms with Gasteiger partial charge in [-0.15, -0.1) is 0 Å². The average molecular weight is 457 g/mol.